The number of amides is 1. The van der Waals surface area contributed by atoms with E-state index in [4.69, 9.17) is 4.42 Å². The van der Waals surface area contributed by atoms with Gasteiger partial charge in [-0.3, -0.25) is 19.7 Å². The minimum absolute atomic E-state index is 0.0421. The predicted molar refractivity (Wildman–Crippen MR) is 92.6 cm³/mol. The second-order valence-corrected chi connectivity index (χ2v) is 6.55. The number of rotatable bonds is 4. The van der Waals surface area contributed by atoms with Crippen molar-refractivity contribution in [2.24, 2.45) is 5.92 Å². The van der Waals surface area contributed by atoms with Crippen LogP contribution in [0, 0.1) is 16.0 Å². The molecule has 2 aromatic rings. The van der Waals surface area contributed by atoms with Crippen LogP contribution in [0.25, 0.3) is 11.0 Å². The molecule has 1 atom stereocenters. The average molecular weight is 344 g/mol. The van der Waals surface area contributed by atoms with Gasteiger partial charge in [-0.05, 0) is 31.7 Å². The molecule has 0 bridgehead atoms. The fraction of sp³-hybridized carbons (Fsp3) is 0.444. The maximum absolute atomic E-state index is 12.5. The van der Waals surface area contributed by atoms with E-state index in [9.17, 15) is 19.7 Å². The molecule has 1 aromatic heterocycles. The molecule has 7 heteroatoms. The minimum Gasteiger partial charge on any atom is -0.443 e. The molecule has 0 radical (unpaired) electrons. The van der Waals surface area contributed by atoms with Crippen LogP contribution in [0.5, 0.6) is 0 Å². The van der Waals surface area contributed by atoms with Gasteiger partial charge in [0.1, 0.15) is 0 Å². The first kappa shape index (κ1) is 17.1. The highest BCUT2D eigenvalue weighted by Gasteiger charge is 2.24. The zero-order chi connectivity index (χ0) is 18.0. The summed E-state index contributed by atoms with van der Waals surface area (Å²) in [4.78, 5) is 35.2. The van der Waals surface area contributed by atoms with E-state index in [1.807, 2.05) is 6.92 Å². The molecule has 7 nitrogen and oxygen atoms in total. The fourth-order valence-corrected chi connectivity index (χ4v) is 3.45. The van der Waals surface area contributed by atoms with Gasteiger partial charge in [0.25, 0.3) is 5.91 Å². The third kappa shape index (κ3) is 3.55. The summed E-state index contributed by atoms with van der Waals surface area (Å²) in [6.07, 6.45) is 5.66. The number of para-hydroxylation sites is 1. The molecule has 25 heavy (non-hydrogen) atoms. The number of benzene rings is 1. The fourth-order valence-electron chi connectivity index (χ4n) is 3.45. The van der Waals surface area contributed by atoms with Crippen LogP contribution in [0.2, 0.25) is 0 Å². The van der Waals surface area contributed by atoms with Crippen molar-refractivity contribution in [1.29, 1.82) is 0 Å². The van der Waals surface area contributed by atoms with Crippen LogP contribution in [-0.4, -0.2) is 16.9 Å². The number of fused-ring (bicyclic) bond motifs is 1. The van der Waals surface area contributed by atoms with Crippen LogP contribution in [0.1, 0.15) is 49.6 Å². The molecule has 1 N–H and O–H groups in total. The first-order valence-corrected chi connectivity index (χ1v) is 8.49. The van der Waals surface area contributed by atoms with Gasteiger partial charge in [0.05, 0.1) is 10.3 Å². The largest absolute Gasteiger partial charge is 0.443 e. The lowest BCUT2D eigenvalue weighted by Crippen LogP contribution is -2.39. The zero-order valence-corrected chi connectivity index (χ0v) is 14.0. The van der Waals surface area contributed by atoms with Gasteiger partial charge in [0, 0.05) is 18.2 Å². The van der Waals surface area contributed by atoms with Crippen LogP contribution in [0.4, 0.5) is 5.69 Å². The van der Waals surface area contributed by atoms with Gasteiger partial charge in [0.15, 0.2) is 11.2 Å². The van der Waals surface area contributed by atoms with Crippen LogP contribution in [0.3, 0.4) is 0 Å². The number of nitro groups is 1. The molecule has 1 aromatic carbocycles. The molecule has 1 heterocycles. The highest BCUT2D eigenvalue weighted by molar-refractivity contribution is 5.94. The van der Waals surface area contributed by atoms with E-state index in [1.54, 1.807) is 0 Å². The van der Waals surface area contributed by atoms with Gasteiger partial charge in [-0.1, -0.05) is 25.3 Å². The highest BCUT2D eigenvalue weighted by atomic mass is 16.6. The SMILES string of the molecule is C[C@H](NC(=O)c1cc(=O)c2cccc([N+](=O)[O-])c2o1)C1CCCCC1. The Morgan fingerprint density at radius 1 is 1.32 bits per heavy atom. The van der Waals surface area contributed by atoms with E-state index in [0.29, 0.717) is 5.92 Å². The minimum atomic E-state index is -0.627. The van der Waals surface area contributed by atoms with E-state index >= 15 is 0 Å². The molecule has 1 aliphatic carbocycles. The van der Waals surface area contributed by atoms with E-state index in [-0.39, 0.29) is 28.5 Å². The normalized spacial score (nSPS) is 16.5. The molecule has 132 valence electrons. The molecule has 1 aliphatic rings. The summed E-state index contributed by atoms with van der Waals surface area (Å²) in [7, 11) is 0. The predicted octanol–water partition coefficient (Wildman–Crippen LogP) is 3.40. The first-order valence-electron chi connectivity index (χ1n) is 8.49. The Morgan fingerprint density at radius 2 is 2.04 bits per heavy atom. The topological polar surface area (TPSA) is 102 Å². The number of carbonyl (C=O) groups excluding carboxylic acids is 1. The van der Waals surface area contributed by atoms with Crippen LogP contribution in [-0.2, 0) is 0 Å². The number of nitrogens with zero attached hydrogens (tertiary/aromatic N) is 1. The molecule has 1 saturated carbocycles. The summed E-state index contributed by atoms with van der Waals surface area (Å²) in [6.45, 7) is 1.94. The Balaban J connectivity index is 1.90. The van der Waals surface area contributed by atoms with Crippen LogP contribution >= 0.6 is 0 Å². The Labute approximate surface area is 144 Å². The van der Waals surface area contributed by atoms with Crippen molar-refractivity contribution < 1.29 is 14.1 Å². The van der Waals surface area contributed by atoms with E-state index < -0.39 is 16.3 Å². The molecule has 0 saturated heterocycles. The first-order chi connectivity index (χ1) is 12.0. The maximum Gasteiger partial charge on any atom is 0.312 e. The molecule has 1 fully saturated rings. The number of carbonyl (C=O) groups is 1. The van der Waals surface area contributed by atoms with E-state index in [2.05, 4.69) is 5.32 Å². The Bertz CT molecular complexity index is 867. The van der Waals surface area contributed by atoms with Gasteiger partial charge in [-0.2, -0.15) is 0 Å². The molecular formula is C18H20N2O5. The Morgan fingerprint density at radius 3 is 2.72 bits per heavy atom. The second-order valence-electron chi connectivity index (χ2n) is 6.55. The monoisotopic (exact) mass is 344 g/mol. The number of non-ortho nitro benzene ring substituents is 1. The molecule has 0 spiro atoms. The molecule has 3 rings (SSSR count). The maximum atomic E-state index is 12.5. The second kappa shape index (κ2) is 7.04. The van der Waals surface area contributed by atoms with Gasteiger partial charge >= 0.3 is 5.69 Å². The van der Waals surface area contributed by atoms with Crippen molar-refractivity contribution in [1.82, 2.24) is 5.32 Å². The van der Waals surface area contributed by atoms with Crippen molar-refractivity contribution in [3.8, 4) is 0 Å². The van der Waals surface area contributed by atoms with Gasteiger partial charge < -0.3 is 9.73 Å². The van der Waals surface area contributed by atoms with Crippen molar-refractivity contribution in [3.05, 3.63) is 50.4 Å². The molecule has 0 aliphatic heterocycles. The number of hydrogen-bond acceptors (Lipinski definition) is 5. The lowest BCUT2D eigenvalue weighted by Gasteiger charge is -2.28. The van der Waals surface area contributed by atoms with Crippen molar-refractivity contribution in [3.63, 3.8) is 0 Å². The van der Waals surface area contributed by atoms with Crippen molar-refractivity contribution in [2.75, 3.05) is 0 Å². The Kier molecular flexibility index (Phi) is 4.83. The summed E-state index contributed by atoms with van der Waals surface area (Å²) >= 11 is 0. The number of nitrogens with one attached hydrogen (secondary N) is 1. The number of nitro benzene ring substituents is 1. The third-order valence-corrected chi connectivity index (χ3v) is 4.87. The molecule has 1 amide bonds. The average Bonchev–Trinajstić information content (AvgIpc) is 2.61. The smallest absolute Gasteiger partial charge is 0.312 e. The summed E-state index contributed by atoms with van der Waals surface area (Å²) in [5, 5.41) is 14.1. The summed E-state index contributed by atoms with van der Waals surface area (Å²) in [6, 6.07) is 5.16. The van der Waals surface area contributed by atoms with Crippen LogP contribution < -0.4 is 10.7 Å². The Hall–Kier alpha value is -2.70. The standard InChI is InChI=1S/C18H20N2O5/c1-11(12-6-3-2-4-7-12)19-18(22)16-10-15(21)13-8-5-9-14(20(23)24)17(13)25-16/h5,8-12H,2-4,6-7H2,1H3,(H,19,22)/t11-/m0/s1. The highest BCUT2D eigenvalue weighted by Crippen LogP contribution is 2.27. The summed E-state index contributed by atoms with van der Waals surface area (Å²) in [5.41, 5.74) is -0.972. The quantitative estimate of drug-likeness (QED) is 0.676. The van der Waals surface area contributed by atoms with Crippen molar-refractivity contribution >= 4 is 22.6 Å². The lowest BCUT2D eigenvalue weighted by atomic mass is 9.84. The number of hydrogen-bond donors (Lipinski definition) is 1. The molecule has 0 unspecified atom stereocenters. The van der Waals surface area contributed by atoms with Crippen molar-refractivity contribution in [2.45, 2.75) is 45.1 Å². The lowest BCUT2D eigenvalue weighted by molar-refractivity contribution is -0.383. The molecular weight excluding hydrogens is 324 g/mol. The third-order valence-electron chi connectivity index (χ3n) is 4.87. The van der Waals surface area contributed by atoms with Gasteiger partial charge in [0.2, 0.25) is 5.58 Å². The van der Waals surface area contributed by atoms with E-state index in [1.165, 1.54) is 24.6 Å². The zero-order valence-electron chi connectivity index (χ0n) is 14.0. The van der Waals surface area contributed by atoms with E-state index in [0.717, 1.165) is 31.7 Å². The summed E-state index contributed by atoms with van der Waals surface area (Å²) in [5.74, 6) is -0.316. The summed E-state index contributed by atoms with van der Waals surface area (Å²) < 4.78 is 5.43. The van der Waals surface area contributed by atoms with Gasteiger partial charge in [-0.15, -0.1) is 0 Å². The van der Waals surface area contributed by atoms with Crippen LogP contribution in [0.15, 0.2) is 33.5 Å². The van der Waals surface area contributed by atoms with Gasteiger partial charge in [-0.25, -0.2) is 0 Å².